The first-order valence-corrected chi connectivity index (χ1v) is 12.9. The predicted molar refractivity (Wildman–Crippen MR) is 130 cm³/mol. The molecule has 0 radical (unpaired) electrons. The molecule has 0 bridgehead atoms. The van der Waals surface area contributed by atoms with E-state index in [0.29, 0.717) is 24.0 Å². The molecule has 2 heterocycles. The van der Waals surface area contributed by atoms with E-state index < -0.39 is 10.2 Å². The number of carboxylic acid groups (broad SMARTS) is 1. The Kier molecular flexibility index (Phi) is 8.56. The Morgan fingerprint density at radius 3 is 2.32 bits per heavy atom. The van der Waals surface area contributed by atoms with Gasteiger partial charge in [0.15, 0.2) is 11.5 Å². The van der Waals surface area contributed by atoms with Gasteiger partial charge >= 0.3 is 0 Å². The molecule has 4 rings (SSSR count). The summed E-state index contributed by atoms with van der Waals surface area (Å²) >= 11 is 0. The van der Waals surface area contributed by atoms with E-state index >= 15 is 0 Å². The SMILES string of the molecule is COc1cc2nccc(N3CCC(C(C)CN(C4CC4)S(N)(=O)=O)CC3)c2cc1OC.O=CO. The molecule has 188 valence electrons. The van der Waals surface area contributed by atoms with Crippen molar-refractivity contribution in [1.82, 2.24) is 9.29 Å². The Morgan fingerprint density at radius 1 is 1.21 bits per heavy atom. The van der Waals surface area contributed by atoms with E-state index in [-0.39, 0.29) is 18.4 Å². The number of ether oxygens (including phenoxy) is 2. The lowest BCUT2D eigenvalue weighted by molar-refractivity contribution is -0.122. The maximum absolute atomic E-state index is 12.0. The van der Waals surface area contributed by atoms with E-state index in [1.54, 1.807) is 14.2 Å². The summed E-state index contributed by atoms with van der Waals surface area (Å²) in [6.45, 7) is 4.26. The summed E-state index contributed by atoms with van der Waals surface area (Å²) < 4.78 is 36.3. The van der Waals surface area contributed by atoms with Crippen molar-refractivity contribution >= 4 is 33.3 Å². The van der Waals surface area contributed by atoms with Crippen LogP contribution in [0, 0.1) is 11.8 Å². The molecule has 1 saturated carbocycles. The molecule has 10 nitrogen and oxygen atoms in total. The highest BCUT2D eigenvalue weighted by atomic mass is 32.2. The first-order chi connectivity index (χ1) is 16.2. The van der Waals surface area contributed by atoms with Crippen molar-refractivity contribution in [3.63, 3.8) is 0 Å². The molecule has 11 heteroatoms. The first kappa shape index (κ1) is 26.0. The van der Waals surface area contributed by atoms with Gasteiger partial charge in [-0.2, -0.15) is 12.7 Å². The maximum atomic E-state index is 12.0. The van der Waals surface area contributed by atoms with Crippen LogP contribution < -0.4 is 19.5 Å². The number of nitrogens with two attached hydrogens (primary N) is 1. The zero-order valence-electron chi connectivity index (χ0n) is 19.9. The fourth-order valence-electron chi connectivity index (χ4n) is 4.70. The van der Waals surface area contributed by atoms with Gasteiger partial charge in [0.2, 0.25) is 0 Å². The van der Waals surface area contributed by atoms with Crippen LogP contribution in [0.4, 0.5) is 5.69 Å². The summed E-state index contributed by atoms with van der Waals surface area (Å²) in [5.74, 6) is 2.11. The largest absolute Gasteiger partial charge is 0.493 e. The number of hydrogen-bond acceptors (Lipinski definition) is 7. The molecule has 1 aromatic heterocycles. The molecule has 1 aliphatic heterocycles. The third-order valence-electron chi connectivity index (χ3n) is 6.66. The van der Waals surface area contributed by atoms with Crippen LogP contribution in [-0.4, -0.2) is 69.2 Å². The third-order valence-corrected chi connectivity index (χ3v) is 7.76. The minimum atomic E-state index is -3.63. The average molecular weight is 495 g/mol. The quantitative estimate of drug-likeness (QED) is 0.534. The Labute approximate surface area is 200 Å². The third kappa shape index (κ3) is 6.08. The molecule has 2 aromatic rings. The second-order valence-corrected chi connectivity index (χ2v) is 10.3. The van der Waals surface area contributed by atoms with Gasteiger partial charge in [0.25, 0.3) is 16.7 Å². The van der Waals surface area contributed by atoms with E-state index in [4.69, 9.17) is 24.5 Å². The van der Waals surface area contributed by atoms with Crippen LogP contribution in [0.15, 0.2) is 24.4 Å². The maximum Gasteiger partial charge on any atom is 0.290 e. The number of fused-ring (bicyclic) bond motifs is 1. The van der Waals surface area contributed by atoms with Gasteiger partial charge in [0, 0.05) is 49.0 Å². The van der Waals surface area contributed by atoms with Gasteiger partial charge in [-0.15, -0.1) is 0 Å². The zero-order valence-corrected chi connectivity index (χ0v) is 20.7. The van der Waals surface area contributed by atoms with Crippen molar-refractivity contribution in [3.05, 3.63) is 24.4 Å². The molecular weight excluding hydrogens is 460 g/mol. The second kappa shape index (κ2) is 11.2. The number of hydrogen-bond donors (Lipinski definition) is 2. The molecule has 2 fully saturated rings. The fraction of sp³-hybridized carbons (Fsp3) is 0.565. The number of benzene rings is 1. The van der Waals surface area contributed by atoms with Crippen LogP contribution >= 0.6 is 0 Å². The molecule has 1 unspecified atom stereocenters. The van der Waals surface area contributed by atoms with E-state index in [1.807, 2.05) is 24.4 Å². The Morgan fingerprint density at radius 2 is 1.79 bits per heavy atom. The van der Waals surface area contributed by atoms with E-state index in [9.17, 15) is 8.42 Å². The van der Waals surface area contributed by atoms with Crippen molar-refractivity contribution in [3.8, 4) is 11.5 Å². The van der Waals surface area contributed by atoms with Crippen molar-refractivity contribution in [2.75, 3.05) is 38.8 Å². The summed E-state index contributed by atoms with van der Waals surface area (Å²) in [6.07, 6.45) is 5.70. The molecule has 3 N–H and O–H groups in total. The smallest absolute Gasteiger partial charge is 0.290 e. The Hall–Kier alpha value is -2.63. The number of carbonyl (C=O) groups is 1. The summed E-state index contributed by atoms with van der Waals surface area (Å²) in [4.78, 5) is 15.3. The molecule has 1 aliphatic carbocycles. The normalized spacial score (nSPS) is 17.7. The molecule has 1 atom stereocenters. The van der Waals surface area contributed by atoms with Crippen LogP contribution in [-0.2, 0) is 15.0 Å². The first-order valence-electron chi connectivity index (χ1n) is 11.4. The summed E-state index contributed by atoms with van der Waals surface area (Å²) in [5, 5.41) is 13.4. The highest BCUT2D eigenvalue weighted by molar-refractivity contribution is 7.86. The lowest BCUT2D eigenvalue weighted by Crippen LogP contribution is -2.44. The minimum Gasteiger partial charge on any atom is -0.493 e. The molecule has 1 aromatic carbocycles. The van der Waals surface area contributed by atoms with Gasteiger partial charge in [0.05, 0.1) is 19.7 Å². The van der Waals surface area contributed by atoms with Crippen LogP contribution in [0.1, 0.15) is 32.6 Å². The molecule has 1 saturated heterocycles. The Balaban J connectivity index is 0.00000103. The number of rotatable bonds is 8. The highest BCUT2D eigenvalue weighted by Gasteiger charge is 2.37. The van der Waals surface area contributed by atoms with Crippen LogP contribution in [0.25, 0.3) is 10.9 Å². The molecule has 2 aliphatic rings. The van der Waals surface area contributed by atoms with E-state index in [2.05, 4.69) is 16.8 Å². The van der Waals surface area contributed by atoms with Crippen molar-refractivity contribution in [1.29, 1.82) is 0 Å². The van der Waals surface area contributed by atoms with Gasteiger partial charge in [-0.05, 0) is 49.7 Å². The minimum absolute atomic E-state index is 0.104. The van der Waals surface area contributed by atoms with E-state index in [1.165, 1.54) is 4.31 Å². The van der Waals surface area contributed by atoms with Gasteiger partial charge in [-0.3, -0.25) is 9.78 Å². The lowest BCUT2D eigenvalue weighted by atomic mass is 9.85. The van der Waals surface area contributed by atoms with Crippen molar-refractivity contribution < 1.29 is 27.8 Å². The molecule has 34 heavy (non-hydrogen) atoms. The predicted octanol–water partition coefficient (Wildman–Crippen LogP) is 2.47. The van der Waals surface area contributed by atoms with Gasteiger partial charge in [0.1, 0.15) is 0 Å². The highest BCUT2D eigenvalue weighted by Crippen LogP contribution is 2.38. The fourth-order valence-corrected chi connectivity index (χ4v) is 5.77. The lowest BCUT2D eigenvalue weighted by Gasteiger charge is -2.37. The second-order valence-electron chi connectivity index (χ2n) is 8.81. The number of methoxy groups -OCH3 is 2. The van der Waals surface area contributed by atoms with Crippen LogP contribution in [0.5, 0.6) is 11.5 Å². The molecular formula is C23H34N4O6S. The van der Waals surface area contributed by atoms with Crippen molar-refractivity contribution in [2.45, 2.75) is 38.6 Å². The average Bonchev–Trinajstić information content (AvgIpc) is 3.66. The summed E-state index contributed by atoms with van der Waals surface area (Å²) in [6, 6.07) is 6.05. The van der Waals surface area contributed by atoms with Crippen LogP contribution in [0.2, 0.25) is 0 Å². The van der Waals surface area contributed by atoms with Gasteiger partial charge in [-0.1, -0.05) is 6.92 Å². The number of anilines is 1. The Bertz CT molecular complexity index is 1080. The number of nitrogens with zero attached hydrogens (tertiary/aromatic N) is 3. The summed E-state index contributed by atoms with van der Waals surface area (Å²) in [5.41, 5.74) is 2.01. The van der Waals surface area contributed by atoms with Gasteiger partial charge < -0.3 is 19.5 Å². The standard InChI is InChI=1S/C22H32N4O4S.CH2O2/c1-15(14-26(17-4-5-17)31(23,27)28)16-7-10-25(11-8-16)20-6-9-24-19-13-22(30-3)21(29-2)12-18(19)20;2-1-3/h6,9,12-13,15-17H,4-5,7-8,10-11,14H2,1-3H3,(H2,23,27,28);1H,(H,2,3). The molecule has 0 amide bonds. The number of aromatic nitrogens is 1. The number of pyridine rings is 1. The monoisotopic (exact) mass is 494 g/mol. The van der Waals surface area contributed by atoms with Gasteiger partial charge in [-0.25, -0.2) is 5.14 Å². The van der Waals surface area contributed by atoms with E-state index in [0.717, 1.165) is 55.4 Å². The van der Waals surface area contributed by atoms with Crippen LogP contribution in [0.3, 0.4) is 0 Å². The summed E-state index contributed by atoms with van der Waals surface area (Å²) in [7, 11) is -0.369. The number of piperidine rings is 1. The topological polar surface area (TPSA) is 135 Å². The molecule has 0 spiro atoms. The van der Waals surface area contributed by atoms with Crippen molar-refractivity contribution in [2.24, 2.45) is 17.0 Å². The zero-order chi connectivity index (χ0) is 24.9.